The summed E-state index contributed by atoms with van der Waals surface area (Å²) in [7, 11) is 0. The van der Waals surface area contributed by atoms with Crippen LogP contribution >= 0.6 is 11.3 Å². The predicted octanol–water partition coefficient (Wildman–Crippen LogP) is 3.26. The molecular weight excluding hydrogens is 260 g/mol. The molecule has 0 radical (unpaired) electrons. The highest BCUT2D eigenvalue weighted by atomic mass is 32.1. The van der Waals surface area contributed by atoms with Crippen LogP contribution in [0.1, 0.15) is 23.9 Å². The van der Waals surface area contributed by atoms with Crippen LogP contribution in [0, 0.1) is 0 Å². The van der Waals surface area contributed by atoms with Crippen LogP contribution < -0.4 is 0 Å². The van der Waals surface area contributed by atoms with E-state index in [-0.39, 0.29) is 0 Å². The third-order valence-corrected chi connectivity index (χ3v) is 3.63. The van der Waals surface area contributed by atoms with Gasteiger partial charge in [0.1, 0.15) is 5.01 Å². The second kappa shape index (κ2) is 6.24. The fourth-order valence-electron chi connectivity index (χ4n) is 1.67. The predicted molar refractivity (Wildman–Crippen MR) is 76.0 cm³/mol. The summed E-state index contributed by atoms with van der Waals surface area (Å²) in [6.07, 6.45) is 8.05. The first-order valence-electron chi connectivity index (χ1n) is 6.01. The van der Waals surface area contributed by atoms with E-state index >= 15 is 0 Å². The highest BCUT2D eigenvalue weighted by Gasteiger charge is 2.10. The van der Waals surface area contributed by atoms with Crippen LogP contribution in [0.25, 0.3) is 16.6 Å². The number of nitrogens with zero attached hydrogens (tertiary/aromatic N) is 2. The lowest BCUT2D eigenvalue weighted by atomic mass is 10.2. The van der Waals surface area contributed by atoms with Crippen LogP contribution in [-0.2, 0) is 11.2 Å². The summed E-state index contributed by atoms with van der Waals surface area (Å²) in [6.45, 7) is 2.08. The van der Waals surface area contributed by atoms with Crippen molar-refractivity contribution in [2.45, 2.75) is 19.8 Å². The first-order chi connectivity index (χ1) is 9.20. The van der Waals surface area contributed by atoms with Gasteiger partial charge in [-0.25, -0.2) is 9.78 Å². The molecule has 0 aliphatic heterocycles. The summed E-state index contributed by atoms with van der Waals surface area (Å²) in [5, 5.41) is 9.61. The Bertz CT molecular complexity index is 591. The Kier molecular flexibility index (Phi) is 4.41. The average Bonchev–Trinajstić information content (AvgIpc) is 2.81. The third kappa shape index (κ3) is 3.48. The molecule has 2 heterocycles. The number of aryl methyl sites for hydroxylation is 1. The van der Waals surface area contributed by atoms with Crippen LogP contribution in [0.4, 0.5) is 0 Å². The largest absolute Gasteiger partial charge is 0.478 e. The van der Waals surface area contributed by atoms with Gasteiger partial charge in [0.15, 0.2) is 0 Å². The lowest BCUT2D eigenvalue weighted by Gasteiger charge is -1.94. The van der Waals surface area contributed by atoms with Crippen molar-refractivity contribution in [3.63, 3.8) is 0 Å². The second-order valence-corrected chi connectivity index (χ2v) is 5.02. The number of aromatic nitrogens is 2. The fraction of sp³-hybridized carbons (Fsp3) is 0.214. The Hall–Kier alpha value is -2.01. The van der Waals surface area contributed by atoms with E-state index < -0.39 is 5.97 Å². The maximum absolute atomic E-state index is 10.6. The molecule has 0 fully saturated rings. The van der Waals surface area contributed by atoms with Gasteiger partial charge in [0.05, 0.1) is 10.6 Å². The number of carboxylic acid groups (broad SMARTS) is 1. The van der Waals surface area contributed by atoms with Crippen molar-refractivity contribution >= 4 is 23.4 Å². The van der Waals surface area contributed by atoms with Crippen LogP contribution in [0.2, 0.25) is 0 Å². The van der Waals surface area contributed by atoms with E-state index in [4.69, 9.17) is 5.11 Å². The molecular formula is C14H14N2O2S. The Morgan fingerprint density at radius 2 is 2.16 bits per heavy atom. The molecule has 5 heteroatoms. The highest BCUT2D eigenvalue weighted by Crippen LogP contribution is 2.29. The Labute approximate surface area is 115 Å². The van der Waals surface area contributed by atoms with Crippen molar-refractivity contribution in [3.8, 4) is 10.6 Å². The fourth-order valence-corrected chi connectivity index (χ4v) is 2.69. The van der Waals surface area contributed by atoms with Gasteiger partial charge in [-0.05, 0) is 24.6 Å². The second-order valence-electron chi connectivity index (χ2n) is 3.99. The summed E-state index contributed by atoms with van der Waals surface area (Å²) < 4.78 is 0. The minimum atomic E-state index is -0.943. The Morgan fingerprint density at radius 3 is 2.79 bits per heavy atom. The normalized spacial score (nSPS) is 11.0. The molecule has 2 aromatic rings. The van der Waals surface area contributed by atoms with Gasteiger partial charge >= 0.3 is 5.97 Å². The molecule has 0 bridgehead atoms. The van der Waals surface area contributed by atoms with E-state index in [1.165, 1.54) is 11.3 Å². The number of carboxylic acids is 1. The SMILES string of the molecule is CCCc1nc(-c2ccncc2)sc1/C=C/C(=O)O. The number of hydrogen-bond acceptors (Lipinski definition) is 4. The smallest absolute Gasteiger partial charge is 0.328 e. The number of thiazole rings is 1. The molecule has 0 saturated heterocycles. The summed E-state index contributed by atoms with van der Waals surface area (Å²) >= 11 is 1.51. The van der Waals surface area contributed by atoms with Gasteiger partial charge in [0.2, 0.25) is 0 Å². The topological polar surface area (TPSA) is 63.1 Å². The van der Waals surface area contributed by atoms with Crippen LogP contribution in [0.5, 0.6) is 0 Å². The molecule has 4 nitrogen and oxygen atoms in total. The minimum Gasteiger partial charge on any atom is -0.478 e. The van der Waals surface area contributed by atoms with Gasteiger partial charge in [0, 0.05) is 24.0 Å². The van der Waals surface area contributed by atoms with Gasteiger partial charge in [-0.1, -0.05) is 13.3 Å². The Balaban J connectivity index is 2.37. The maximum Gasteiger partial charge on any atom is 0.328 e. The molecule has 0 aromatic carbocycles. The van der Waals surface area contributed by atoms with E-state index in [0.29, 0.717) is 0 Å². The van der Waals surface area contributed by atoms with E-state index in [9.17, 15) is 4.79 Å². The van der Waals surface area contributed by atoms with Gasteiger partial charge in [-0.3, -0.25) is 4.98 Å². The summed E-state index contributed by atoms with van der Waals surface area (Å²) in [4.78, 5) is 20.1. The minimum absolute atomic E-state index is 0.848. The van der Waals surface area contributed by atoms with Crippen LogP contribution in [0.15, 0.2) is 30.6 Å². The van der Waals surface area contributed by atoms with Crippen molar-refractivity contribution in [1.82, 2.24) is 9.97 Å². The van der Waals surface area contributed by atoms with Gasteiger partial charge in [-0.15, -0.1) is 11.3 Å². The average molecular weight is 274 g/mol. The van der Waals surface area contributed by atoms with Crippen LogP contribution in [-0.4, -0.2) is 21.0 Å². The molecule has 19 heavy (non-hydrogen) atoms. The van der Waals surface area contributed by atoms with Gasteiger partial charge in [0.25, 0.3) is 0 Å². The number of rotatable bonds is 5. The first-order valence-corrected chi connectivity index (χ1v) is 6.83. The van der Waals surface area contributed by atoms with E-state index in [1.807, 2.05) is 12.1 Å². The molecule has 98 valence electrons. The molecule has 2 rings (SSSR count). The van der Waals surface area contributed by atoms with Crippen LogP contribution in [0.3, 0.4) is 0 Å². The molecule has 0 atom stereocenters. The van der Waals surface area contributed by atoms with Crippen molar-refractivity contribution in [2.24, 2.45) is 0 Å². The van der Waals surface area contributed by atoms with E-state index in [1.54, 1.807) is 18.5 Å². The van der Waals surface area contributed by atoms with Crippen molar-refractivity contribution in [1.29, 1.82) is 0 Å². The number of hydrogen-bond donors (Lipinski definition) is 1. The lowest BCUT2D eigenvalue weighted by molar-refractivity contribution is -0.131. The van der Waals surface area contributed by atoms with E-state index in [2.05, 4.69) is 16.9 Å². The molecule has 0 amide bonds. The quantitative estimate of drug-likeness (QED) is 0.850. The number of carbonyl (C=O) groups is 1. The number of pyridine rings is 1. The maximum atomic E-state index is 10.6. The van der Waals surface area contributed by atoms with Crippen molar-refractivity contribution < 1.29 is 9.90 Å². The number of aliphatic carboxylic acids is 1. The van der Waals surface area contributed by atoms with Gasteiger partial charge in [-0.2, -0.15) is 0 Å². The van der Waals surface area contributed by atoms with E-state index in [0.717, 1.165) is 40.1 Å². The molecule has 0 saturated carbocycles. The molecule has 0 unspecified atom stereocenters. The zero-order valence-electron chi connectivity index (χ0n) is 10.5. The molecule has 2 aromatic heterocycles. The molecule has 0 aliphatic rings. The van der Waals surface area contributed by atoms with Crippen molar-refractivity contribution in [3.05, 3.63) is 41.2 Å². The highest BCUT2D eigenvalue weighted by molar-refractivity contribution is 7.16. The summed E-state index contributed by atoms with van der Waals surface area (Å²) in [5.74, 6) is -0.943. The summed E-state index contributed by atoms with van der Waals surface area (Å²) in [6, 6.07) is 3.80. The Morgan fingerprint density at radius 1 is 1.42 bits per heavy atom. The lowest BCUT2D eigenvalue weighted by Crippen LogP contribution is -1.88. The standard InChI is InChI=1S/C14H14N2O2S/c1-2-3-11-12(4-5-13(17)18)19-14(16-11)10-6-8-15-9-7-10/h4-9H,2-3H2,1H3,(H,17,18)/b5-4+. The van der Waals surface area contributed by atoms with Gasteiger partial charge < -0.3 is 5.11 Å². The molecule has 1 N–H and O–H groups in total. The third-order valence-electron chi connectivity index (χ3n) is 2.52. The summed E-state index contributed by atoms with van der Waals surface area (Å²) in [5.41, 5.74) is 1.96. The molecule has 0 aliphatic carbocycles. The zero-order valence-corrected chi connectivity index (χ0v) is 11.4. The first kappa shape index (κ1) is 13.4. The monoisotopic (exact) mass is 274 g/mol. The van der Waals surface area contributed by atoms with Crippen molar-refractivity contribution in [2.75, 3.05) is 0 Å². The molecule has 0 spiro atoms. The zero-order chi connectivity index (χ0) is 13.7.